The molecule has 0 radical (unpaired) electrons. The smallest absolute Gasteiger partial charge is 0.370 e. The van der Waals surface area contributed by atoms with Gasteiger partial charge in [0.15, 0.2) is 5.69 Å². The SMILES string of the molecule is NC(=O)c1nnn(-c2ccc(C(=O)NCC(F)(F)F)cc2)c1COCc1ccccc1. The zero-order chi connectivity index (χ0) is 22.4. The van der Waals surface area contributed by atoms with Crippen LogP contribution < -0.4 is 11.1 Å². The third kappa shape index (κ3) is 5.89. The quantitative estimate of drug-likeness (QED) is 0.567. The minimum Gasteiger partial charge on any atom is -0.370 e. The third-order valence-electron chi connectivity index (χ3n) is 4.17. The van der Waals surface area contributed by atoms with Gasteiger partial charge in [-0.05, 0) is 29.8 Å². The number of rotatable bonds is 8. The van der Waals surface area contributed by atoms with Crippen LogP contribution in [0.2, 0.25) is 0 Å². The number of hydrogen-bond acceptors (Lipinski definition) is 5. The Morgan fingerprint density at radius 1 is 1.03 bits per heavy atom. The standard InChI is InChI=1S/C20H18F3N5O3/c21-20(22,23)12-25-19(30)14-6-8-15(9-7-14)28-16(17(18(24)29)26-27-28)11-31-10-13-4-2-1-3-5-13/h1-9H,10-12H2,(H2,24,29)(H,25,30). The van der Waals surface area contributed by atoms with Crippen molar-refractivity contribution in [3.05, 3.63) is 77.1 Å². The van der Waals surface area contributed by atoms with Crippen molar-refractivity contribution in [1.82, 2.24) is 20.3 Å². The van der Waals surface area contributed by atoms with E-state index in [9.17, 15) is 22.8 Å². The second-order valence-corrected chi connectivity index (χ2v) is 6.48. The molecule has 0 aliphatic rings. The summed E-state index contributed by atoms with van der Waals surface area (Å²) in [5.41, 5.74) is 6.98. The Labute approximate surface area is 174 Å². The number of nitrogens with zero attached hydrogens (tertiary/aromatic N) is 3. The van der Waals surface area contributed by atoms with E-state index in [4.69, 9.17) is 10.5 Å². The van der Waals surface area contributed by atoms with Gasteiger partial charge in [-0.1, -0.05) is 35.5 Å². The van der Waals surface area contributed by atoms with Gasteiger partial charge in [0.1, 0.15) is 12.2 Å². The number of nitrogens with two attached hydrogens (primary N) is 1. The number of hydrogen-bond donors (Lipinski definition) is 2. The number of aromatic nitrogens is 3. The monoisotopic (exact) mass is 433 g/mol. The first-order chi connectivity index (χ1) is 14.7. The molecule has 0 aliphatic heterocycles. The molecule has 2 amide bonds. The lowest BCUT2D eigenvalue weighted by atomic mass is 10.2. The highest BCUT2D eigenvalue weighted by molar-refractivity contribution is 5.94. The van der Waals surface area contributed by atoms with E-state index >= 15 is 0 Å². The van der Waals surface area contributed by atoms with Gasteiger partial charge in [-0.2, -0.15) is 13.2 Å². The van der Waals surface area contributed by atoms with Gasteiger partial charge in [0.25, 0.3) is 11.8 Å². The lowest BCUT2D eigenvalue weighted by Crippen LogP contribution is -2.33. The molecular weight excluding hydrogens is 415 g/mol. The van der Waals surface area contributed by atoms with E-state index in [0.717, 1.165) is 5.56 Å². The molecule has 2 aromatic carbocycles. The van der Waals surface area contributed by atoms with Gasteiger partial charge in [-0.25, -0.2) is 4.68 Å². The van der Waals surface area contributed by atoms with Crippen molar-refractivity contribution in [3.63, 3.8) is 0 Å². The van der Waals surface area contributed by atoms with E-state index in [2.05, 4.69) is 10.3 Å². The zero-order valence-electron chi connectivity index (χ0n) is 16.1. The van der Waals surface area contributed by atoms with Crippen LogP contribution in [0.25, 0.3) is 5.69 Å². The number of halogens is 3. The Balaban J connectivity index is 1.75. The Morgan fingerprint density at radius 3 is 2.32 bits per heavy atom. The fraction of sp³-hybridized carbons (Fsp3) is 0.200. The number of benzene rings is 2. The summed E-state index contributed by atoms with van der Waals surface area (Å²) in [4.78, 5) is 23.6. The first-order valence-corrected chi connectivity index (χ1v) is 9.06. The van der Waals surface area contributed by atoms with Crippen LogP contribution in [0.3, 0.4) is 0 Å². The zero-order valence-corrected chi connectivity index (χ0v) is 16.1. The molecular formula is C20H18F3N5O3. The Hall–Kier alpha value is -3.73. The number of carbonyl (C=O) groups is 2. The molecule has 1 heterocycles. The van der Waals surface area contributed by atoms with Crippen molar-refractivity contribution >= 4 is 11.8 Å². The van der Waals surface area contributed by atoms with Crippen LogP contribution >= 0.6 is 0 Å². The average Bonchev–Trinajstić information content (AvgIpc) is 3.16. The highest BCUT2D eigenvalue weighted by Gasteiger charge is 2.28. The van der Waals surface area contributed by atoms with Gasteiger partial charge < -0.3 is 15.8 Å². The van der Waals surface area contributed by atoms with E-state index in [1.165, 1.54) is 28.9 Å². The summed E-state index contributed by atoms with van der Waals surface area (Å²) in [6, 6.07) is 15.0. The Bertz CT molecular complexity index is 1050. The van der Waals surface area contributed by atoms with Gasteiger partial charge >= 0.3 is 6.18 Å². The molecule has 3 N–H and O–H groups in total. The van der Waals surface area contributed by atoms with Crippen LogP contribution in [0.1, 0.15) is 32.1 Å². The molecule has 0 aliphatic carbocycles. The minimum atomic E-state index is -4.50. The topological polar surface area (TPSA) is 112 Å². The maximum absolute atomic E-state index is 12.3. The van der Waals surface area contributed by atoms with Gasteiger partial charge in [-0.15, -0.1) is 5.10 Å². The van der Waals surface area contributed by atoms with E-state index < -0.39 is 24.5 Å². The molecule has 0 saturated heterocycles. The van der Waals surface area contributed by atoms with Crippen molar-refractivity contribution in [3.8, 4) is 5.69 Å². The van der Waals surface area contributed by atoms with Crippen molar-refractivity contribution in [2.24, 2.45) is 5.73 Å². The molecule has 3 aromatic rings. The van der Waals surface area contributed by atoms with E-state index in [1.54, 1.807) is 5.32 Å². The summed E-state index contributed by atoms with van der Waals surface area (Å²) in [6.07, 6.45) is -4.50. The lowest BCUT2D eigenvalue weighted by Gasteiger charge is -2.10. The number of primary amides is 1. The average molecular weight is 433 g/mol. The fourth-order valence-electron chi connectivity index (χ4n) is 2.71. The Kier molecular flexibility index (Phi) is 6.65. The predicted molar refractivity (Wildman–Crippen MR) is 103 cm³/mol. The normalized spacial score (nSPS) is 11.3. The summed E-state index contributed by atoms with van der Waals surface area (Å²) in [6.45, 7) is -1.17. The second-order valence-electron chi connectivity index (χ2n) is 6.48. The number of carbonyl (C=O) groups excluding carboxylic acids is 2. The number of nitrogens with one attached hydrogen (secondary N) is 1. The number of ether oxygens (including phenoxy) is 1. The Morgan fingerprint density at radius 2 is 1.71 bits per heavy atom. The molecule has 11 heteroatoms. The maximum Gasteiger partial charge on any atom is 0.405 e. The summed E-state index contributed by atoms with van der Waals surface area (Å²) < 4.78 is 43.8. The van der Waals surface area contributed by atoms with Crippen molar-refractivity contribution < 1.29 is 27.5 Å². The van der Waals surface area contributed by atoms with E-state index in [1.807, 2.05) is 30.3 Å². The second kappa shape index (κ2) is 9.39. The molecule has 0 saturated carbocycles. The van der Waals surface area contributed by atoms with Crippen LogP contribution in [-0.4, -0.2) is 39.5 Å². The molecule has 162 valence electrons. The van der Waals surface area contributed by atoms with Crippen LogP contribution in [0.4, 0.5) is 13.2 Å². The van der Waals surface area contributed by atoms with Crippen LogP contribution in [-0.2, 0) is 18.0 Å². The molecule has 0 bridgehead atoms. The lowest BCUT2D eigenvalue weighted by molar-refractivity contribution is -0.123. The third-order valence-corrected chi connectivity index (χ3v) is 4.17. The van der Waals surface area contributed by atoms with E-state index in [0.29, 0.717) is 11.4 Å². The summed E-state index contributed by atoms with van der Waals surface area (Å²) >= 11 is 0. The van der Waals surface area contributed by atoms with Gasteiger partial charge in [0.2, 0.25) is 0 Å². The molecule has 3 rings (SSSR count). The first-order valence-electron chi connectivity index (χ1n) is 9.06. The molecule has 0 atom stereocenters. The highest BCUT2D eigenvalue weighted by atomic mass is 19.4. The van der Waals surface area contributed by atoms with Crippen molar-refractivity contribution in [1.29, 1.82) is 0 Å². The minimum absolute atomic E-state index is 0.0199. The summed E-state index contributed by atoms with van der Waals surface area (Å²) in [5.74, 6) is -1.65. The summed E-state index contributed by atoms with van der Waals surface area (Å²) in [5, 5.41) is 9.49. The first kappa shape index (κ1) is 22.0. The molecule has 1 aromatic heterocycles. The molecule has 0 fully saturated rings. The highest BCUT2D eigenvalue weighted by Crippen LogP contribution is 2.17. The summed E-state index contributed by atoms with van der Waals surface area (Å²) in [7, 11) is 0. The largest absolute Gasteiger partial charge is 0.405 e. The molecule has 0 unspecified atom stereocenters. The van der Waals surface area contributed by atoms with Crippen LogP contribution in [0.5, 0.6) is 0 Å². The molecule has 0 spiro atoms. The van der Waals surface area contributed by atoms with Gasteiger partial charge in [-0.3, -0.25) is 9.59 Å². The van der Waals surface area contributed by atoms with Crippen LogP contribution in [0.15, 0.2) is 54.6 Å². The van der Waals surface area contributed by atoms with Gasteiger partial charge in [0, 0.05) is 5.56 Å². The molecule has 31 heavy (non-hydrogen) atoms. The van der Waals surface area contributed by atoms with Gasteiger partial charge in [0.05, 0.1) is 18.9 Å². The number of amides is 2. The van der Waals surface area contributed by atoms with Crippen molar-refractivity contribution in [2.75, 3.05) is 6.54 Å². The molecule has 8 nitrogen and oxygen atoms in total. The van der Waals surface area contributed by atoms with Crippen molar-refractivity contribution in [2.45, 2.75) is 19.4 Å². The van der Waals surface area contributed by atoms with E-state index in [-0.39, 0.29) is 24.5 Å². The number of alkyl halides is 3. The van der Waals surface area contributed by atoms with Crippen LogP contribution in [0, 0.1) is 0 Å². The fourth-order valence-corrected chi connectivity index (χ4v) is 2.71. The maximum atomic E-state index is 12.3. The predicted octanol–water partition coefficient (Wildman–Crippen LogP) is 2.38.